The molecule has 0 spiro atoms. The molecule has 0 aromatic heterocycles. The number of ether oxygens (including phenoxy) is 1. The van der Waals surface area contributed by atoms with Crippen LogP contribution < -0.4 is 15.0 Å². The molecule has 0 unspecified atom stereocenters. The normalized spacial score (nSPS) is 13.7. The van der Waals surface area contributed by atoms with E-state index in [1.165, 1.54) is 4.90 Å². The Balaban J connectivity index is 1.84. The van der Waals surface area contributed by atoms with Gasteiger partial charge < -0.3 is 10.1 Å². The summed E-state index contributed by atoms with van der Waals surface area (Å²) in [6.45, 7) is 5.80. The summed E-state index contributed by atoms with van der Waals surface area (Å²) in [5, 5.41) is 3.73. The number of anilines is 2. The molecule has 0 saturated heterocycles. The summed E-state index contributed by atoms with van der Waals surface area (Å²) in [7, 11) is 1.58. The summed E-state index contributed by atoms with van der Waals surface area (Å²) in [4.78, 5) is 28.3. The van der Waals surface area contributed by atoms with Gasteiger partial charge in [-0.3, -0.25) is 9.59 Å². The second-order valence-corrected chi connectivity index (χ2v) is 8.21. The van der Waals surface area contributed by atoms with Gasteiger partial charge in [0.2, 0.25) is 0 Å². The molecule has 5 nitrogen and oxygen atoms in total. The van der Waals surface area contributed by atoms with Crippen molar-refractivity contribution in [2.75, 3.05) is 17.3 Å². The van der Waals surface area contributed by atoms with E-state index in [0.29, 0.717) is 27.6 Å². The second-order valence-electron chi connectivity index (χ2n) is 7.80. The third-order valence-corrected chi connectivity index (χ3v) is 5.94. The first-order valence-corrected chi connectivity index (χ1v) is 10.6. The van der Waals surface area contributed by atoms with Gasteiger partial charge in [0.05, 0.1) is 18.4 Å². The van der Waals surface area contributed by atoms with Gasteiger partial charge in [-0.25, -0.2) is 4.90 Å². The standard InChI is InChI=1S/C26H23ClN2O3/c1-15-5-6-17(3)22(13-15)28-24-23(18-8-11-20(32-4)12-9-18)25(30)29(26(24)31)19-10-7-16(2)21(27)14-19/h5-14,28H,1-4H3. The number of methoxy groups -OCH3 is 1. The van der Waals surface area contributed by atoms with Crippen LogP contribution in [0.5, 0.6) is 5.75 Å². The molecule has 0 aliphatic carbocycles. The summed E-state index contributed by atoms with van der Waals surface area (Å²) >= 11 is 6.29. The minimum absolute atomic E-state index is 0.227. The fourth-order valence-electron chi connectivity index (χ4n) is 3.63. The first-order chi connectivity index (χ1) is 15.3. The van der Waals surface area contributed by atoms with E-state index in [1.54, 1.807) is 49.6 Å². The van der Waals surface area contributed by atoms with Crippen molar-refractivity contribution in [2.45, 2.75) is 20.8 Å². The molecular weight excluding hydrogens is 424 g/mol. The van der Waals surface area contributed by atoms with E-state index in [4.69, 9.17) is 16.3 Å². The lowest BCUT2D eigenvalue weighted by molar-refractivity contribution is -0.120. The van der Waals surface area contributed by atoms with Crippen molar-refractivity contribution in [3.8, 4) is 5.75 Å². The summed E-state index contributed by atoms with van der Waals surface area (Å²) in [6.07, 6.45) is 0. The topological polar surface area (TPSA) is 58.6 Å². The first kappa shape index (κ1) is 21.7. The van der Waals surface area contributed by atoms with E-state index in [2.05, 4.69) is 5.32 Å². The highest BCUT2D eigenvalue weighted by atomic mass is 35.5. The van der Waals surface area contributed by atoms with Crippen LogP contribution in [0.1, 0.15) is 22.3 Å². The number of amides is 2. The maximum Gasteiger partial charge on any atom is 0.282 e. The number of rotatable bonds is 5. The van der Waals surface area contributed by atoms with Crippen molar-refractivity contribution in [3.05, 3.63) is 93.6 Å². The molecule has 0 radical (unpaired) electrons. The van der Waals surface area contributed by atoms with E-state index in [0.717, 1.165) is 22.4 Å². The van der Waals surface area contributed by atoms with Crippen LogP contribution in [-0.2, 0) is 9.59 Å². The van der Waals surface area contributed by atoms with E-state index < -0.39 is 11.8 Å². The third kappa shape index (κ3) is 3.87. The number of carbonyl (C=O) groups is 2. The first-order valence-electron chi connectivity index (χ1n) is 10.2. The molecule has 1 aliphatic heterocycles. The van der Waals surface area contributed by atoms with Crippen molar-refractivity contribution in [3.63, 3.8) is 0 Å². The molecule has 3 aromatic carbocycles. The van der Waals surface area contributed by atoms with E-state index in [9.17, 15) is 9.59 Å². The van der Waals surface area contributed by atoms with Gasteiger partial charge in [0.15, 0.2) is 0 Å². The molecule has 2 amide bonds. The Morgan fingerprint density at radius 2 is 1.53 bits per heavy atom. The largest absolute Gasteiger partial charge is 0.497 e. The van der Waals surface area contributed by atoms with Crippen molar-refractivity contribution < 1.29 is 14.3 Å². The highest BCUT2D eigenvalue weighted by Crippen LogP contribution is 2.36. The smallest absolute Gasteiger partial charge is 0.282 e. The summed E-state index contributed by atoms with van der Waals surface area (Å²) < 4.78 is 5.24. The number of hydrogen-bond acceptors (Lipinski definition) is 4. The molecular formula is C26H23ClN2O3. The minimum Gasteiger partial charge on any atom is -0.497 e. The van der Waals surface area contributed by atoms with Gasteiger partial charge in [0.1, 0.15) is 11.4 Å². The predicted octanol–water partition coefficient (Wildman–Crippen LogP) is 5.67. The van der Waals surface area contributed by atoms with Gasteiger partial charge >= 0.3 is 0 Å². The number of hydrogen-bond donors (Lipinski definition) is 1. The molecule has 0 atom stereocenters. The Hall–Kier alpha value is -3.57. The van der Waals surface area contributed by atoms with Crippen LogP contribution in [0.4, 0.5) is 11.4 Å². The molecule has 0 bridgehead atoms. The van der Waals surface area contributed by atoms with Crippen LogP contribution in [0.25, 0.3) is 5.57 Å². The van der Waals surface area contributed by atoms with Crippen molar-refractivity contribution in [1.82, 2.24) is 0 Å². The Labute approximate surface area is 192 Å². The minimum atomic E-state index is -0.429. The number of carbonyl (C=O) groups excluding carboxylic acids is 2. The quantitative estimate of drug-likeness (QED) is 0.513. The van der Waals surface area contributed by atoms with E-state index >= 15 is 0 Å². The Morgan fingerprint density at radius 1 is 0.844 bits per heavy atom. The van der Waals surface area contributed by atoms with Crippen LogP contribution in [0, 0.1) is 20.8 Å². The van der Waals surface area contributed by atoms with Gasteiger partial charge in [-0.1, -0.05) is 41.9 Å². The van der Waals surface area contributed by atoms with Crippen LogP contribution in [0.2, 0.25) is 5.02 Å². The van der Waals surface area contributed by atoms with Gasteiger partial charge in [-0.05, 0) is 73.4 Å². The molecule has 0 saturated carbocycles. The van der Waals surface area contributed by atoms with E-state index in [1.807, 2.05) is 39.0 Å². The van der Waals surface area contributed by atoms with Crippen LogP contribution in [-0.4, -0.2) is 18.9 Å². The molecule has 4 rings (SSSR count). The molecule has 0 fully saturated rings. The van der Waals surface area contributed by atoms with E-state index in [-0.39, 0.29) is 5.70 Å². The molecule has 1 N–H and O–H groups in total. The Bertz CT molecular complexity index is 1260. The van der Waals surface area contributed by atoms with Gasteiger partial charge in [-0.15, -0.1) is 0 Å². The Morgan fingerprint density at radius 3 is 2.19 bits per heavy atom. The molecule has 1 heterocycles. The number of nitrogens with one attached hydrogen (secondary N) is 1. The fourth-order valence-corrected chi connectivity index (χ4v) is 3.81. The zero-order valence-electron chi connectivity index (χ0n) is 18.3. The van der Waals surface area contributed by atoms with Crippen molar-refractivity contribution in [2.24, 2.45) is 0 Å². The number of halogens is 1. The Kier molecular flexibility index (Phi) is 5.76. The fraction of sp³-hybridized carbons (Fsp3) is 0.154. The summed E-state index contributed by atoms with van der Waals surface area (Å²) in [6, 6.07) is 18.2. The van der Waals surface area contributed by atoms with Gasteiger partial charge in [-0.2, -0.15) is 0 Å². The lowest BCUT2D eigenvalue weighted by atomic mass is 10.0. The number of benzene rings is 3. The number of nitrogens with zero attached hydrogens (tertiary/aromatic N) is 1. The SMILES string of the molecule is COc1ccc(C2=C(Nc3cc(C)ccc3C)C(=O)N(c3ccc(C)c(Cl)c3)C2=O)cc1. The van der Waals surface area contributed by atoms with Crippen LogP contribution >= 0.6 is 11.6 Å². The second kappa shape index (κ2) is 8.52. The third-order valence-electron chi connectivity index (χ3n) is 5.53. The number of imide groups is 1. The molecule has 6 heteroatoms. The maximum absolute atomic E-state index is 13.6. The molecule has 3 aromatic rings. The highest BCUT2D eigenvalue weighted by molar-refractivity contribution is 6.46. The summed E-state index contributed by atoms with van der Waals surface area (Å²) in [5.41, 5.74) is 5.23. The van der Waals surface area contributed by atoms with Gasteiger partial charge in [0, 0.05) is 10.7 Å². The monoisotopic (exact) mass is 446 g/mol. The predicted molar refractivity (Wildman–Crippen MR) is 128 cm³/mol. The average molecular weight is 447 g/mol. The zero-order chi connectivity index (χ0) is 23.0. The zero-order valence-corrected chi connectivity index (χ0v) is 19.1. The molecule has 32 heavy (non-hydrogen) atoms. The highest BCUT2D eigenvalue weighted by Gasteiger charge is 2.40. The maximum atomic E-state index is 13.6. The average Bonchev–Trinajstić information content (AvgIpc) is 3.02. The lowest BCUT2D eigenvalue weighted by Crippen LogP contribution is -2.32. The molecule has 162 valence electrons. The van der Waals surface area contributed by atoms with Crippen molar-refractivity contribution >= 4 is 40.4 Å². The van der Waals surface area contributed by atoms with Gasteiger partial charge in [0.25, 0.3) is 11.8 Å². The number of aryl methyl sites for hydroxylation is 3. The van der Waals surface area contributed by atoms with Crippen LogP contribution in [0.15, 0.2) is 66.4 Å². The summed E-state index contributed by atoms with van der Waals surface area (Å²) in [5.74, 6) is -0.174. The van der Waals surface area contributed by atoms with Crippen LogP contribution in [0.3, 0.4) is 0 Å². The molecule has 1 aliphatic rings. The van der Waals surface area contributed by atoms with Crippen molar-refractivity contribution in [1.29, 1.82) is 0 Å². The lowest BCUT2D eigenvalue weighted by Gasteiger charge is -2.17.